The smallest absolute Gasteiger partial charge is 0.342 e. The molecular formula is C27H24N2O8S. The summed E-state index contributed by atoms with van der Waals surface area (Å²) < 4.78 is 39.3. The van der Waals surface area contributed by atoms with Gasteiger partial charge in [0.05, 0.1) is 22.6 Å². The number of rotatable bonds is 6. The summed E-state index contributed by atoms with van der Waals surface area (Å²) in [6, 6.07) is 12.2. The molecule has 1 amide bonds. The number of amides is 1. The monoisotopic (exact) mass is 536 g/mol. The summed E-state index contributed by atoms with van der Waals surface area (Å²) >= 11 is 0. The minimum absolute atomic E-state index is 0.0856. The van der Waals surface area contributed by atoms with E-state index in [1.165, 1.54) is 49.6 Å². The van der Waals surface area contributed by atoms with Crippen molar-refractivity contribution >= 4 is 44.2 Å². The quantitative estimate of drug-likeness (QED) is 0.181. The Morgan fingerprint density at radius 1 is 0.947 bits per heavy atom. The normalized spacial score (nSPS) is 11.4. The molecule has 0 N–H and O–H groups in total. The number of fused-ring (bicyclic) bond motifs is 1. The topological polar surface area (TPSA) is 137 Å². The van der Waals surface area contributed by atoms with E-state index in [9.17, 15) is 28.1 Å². The largest absolute Gasteiger partial charge is 0.465 e. The van der Waals surface area contributed by atoms with Gasteiger partial charge in [-0.3, -0.25) is 14.9 Å². The Bertz CT molecular complexity index is 1740. The van der Waals surface area contributed by atoms with E-state index in [2.05, 4.69) is 0 Å². The zero-order chi connectivity index (χ0) is 27.9. The molecule has 0 aliphatic heterocycles. The molecule has 0 bridgehead atoms. The van der Waals surface area contributed by atoms with Crippen molar-refractivity contribution in [2.24, 2.45) is 0 Å². The minimum atomic E-state index is -4.54. The fourth-order valence-corrected chi connectivity index (χ4v) is 5.94. The van der Waals surface area contributed by atoms with Crippen LogP contribution < -0.4 is 4.31 Å². The van der Waals surface area contributed by atoms with Crippen LogP contribution in [0, 0.1) is 37.8 Å². The van der Waals surface area contributed by atoms with Gasteiger partial charge in [-0.2, -0.15) is 4.31 Å². The van der Waals surface area contributed by atoms with Crippen molar-refractivity contribution in [2.75, 3.05) is 11.4 Å². The van der Waals surface area contributed by atoms with Crippen molar-refractivity contribution in [3.05, 3.63) is 98.3 Å². The summed E-state index contributed by atoms with van der Waals surface area (Å²) in [7, 11) is -3.33. The molecule has 1 heterocycles. The van der Waals surface area contributed by atoms with Crippen LogP contribution in [0.1, 0.15) is 43.2 Å². The van der Waals surface area contributed by atoms with Crippen molar-refractivity contribution in [2.45, 2.75) is 32.6 Å². The fourth-order valence-electron chi connectivity index (χ4n) is 4.24. The zero-order valence-electron chi connectivity index (χ0n) is 21.3. The van der Waals surface area contributed by atoms with Gasteiger partial charge < -0.3 is 9.15 Å². The molecule has 0 aliphatic carbocycles. The third-order valence-electron chi connectivity index (χ3n) is 6.27. The van der Waals surface area contributed by atoms with E-state index in [4.69, 9.17) is 9.15 Å². The van der Waals surface area contributed by atoms with E-state index in [0.29, 0.717) is 15.4 Å². The highest BCUT2D eigenvalue weighted by atomic mass is 32.2. The van der Waals surface area contributed by atoms with Gasteiger partial charge in [-0.1, -0.05) is 12.1 Å². The van der Waals surface area contributed by atoms with Crippen LogP contribution in [0.15, 0.2) is 63.9 Å². The molecule has 0 unspecified atom stereocenters. The van der Waals surface area contributed by atoms with Gasteiger partial charge >= 0.3 is 5.97 Å². The number of hydrogen-bond donors (Lipinski definition) is 0. The van der Waals surface area contributed by atoms with Gasteiger partial charge in [0.25, 0.3) is 21.6 Å². The van der Waals surface area contributed by atoms with Crippen LogP contribution in [0.25, 0.3) is 11.0 Å². The maximum atomic E-state index is 14.1. The second-order valence-corrected chi connectivity index (χ2v) is 10.5. The van der Waals surface area contributed by atoms with Crippen LogP contribution in [0.3, 0.4) is 0 Å². The number of non-ortho nitro benzene ring substituents is 1. The van der Waals surface area contributed by atoms with E-state index < -0.39 is 26.8 Å². The van der Waals surface area contributed by atoms with Gasteiger partial charge in [0, 0.05) is 23.1 Å². The third kappa shape index (κ3) is 4.52. The van der Waals surface area contributed by atoms with Gasteiger partial charge in [0.2, 0.25) is 0 Å². The number of carbonyl (C=O) groups excluding carboxylic acids is 2. The second kappa shape index (κ2) is 9.75. The number of nitro groups is 1. The molecule has 3 aromatic carbocycles. The third-order valence-corrected chi connectivity index (χ3v) is 8.12. The summed E-state index contributed by atoms with van der Waals surface area (Å²) in [4.78, 5) is 36.8. The first-order valence-corrected chi connectivity index (χ1v) is 12.8. The van der Waals surface area contributed by atoms with Crippen molar-refractivity contribution in [1.29, 1.82) is 0 Å². The van der Waals surface area contributed by atoms with Gasteiger partial charge in [-0.25, -0.2) is 13.2 Å². The summed E-state index contributed by atoms with van der Waals surface area (Å²) in [6.07, 6.45) is 0. The Morgan fingerprint density at radius 3 is 2.29 bits per heavy atom. The number of methoxy groups -OCH3 is 1. The van der Waals surface area contributed by atoms with Crippen LogP contribution in [-0.4, -0.2) is 32.3 Å². The summed E-state index contributed by atoms with van der Waals surface area (Å²) in [5, 5.41) is 11.6. The van der Waals surface area contributed by atoms with Crippen LogP contribution >= 0.6 is 0 Å². The second-order valence-electron chi connectivity index (χ2n) is 8.79. The number of hydrogen-bond acceptors (Lipinski definition) is 8. The fraction of sp³-hybridized carbons (Fsp3) is 0.185. The lowest BCUT2D eigenvalue weighted by Crippen LogP contribution is -2.37. The lowest BCUT2D eigenvalue weighted by Gasteiger charge is -2.24. The highest BCUT2D eigenvalue weighted by Gasteiger charge is 2.34. The number of benzene rings is 3. The lowest BCUT2D eigenvalue weighted by molar-refractivity contribution is -0.384. The summed E-state index contributed by atoms with van der Waals surface area (Å²) in [5.41, 5.74) is 1.70. The van der Waals surface area contributed by atoms with E-state index in [-0.39, 0.29) is 44.1 Å². The Kier molecular flexibility index (Phi) is 6.81. The number of ether oxygens (including phenoxy) is 1. The average Bonchev–Trinajstić information content (AvgIpc) is 3.20. The van der Waals surface area contributed by atoms with Crippen LogP contribution in [0.5, 0.6) is 0 Å². The van der Waals surface area contributed by atoms with Crippen molar-refractivity contribution < 1.29 is 32.1 Å². The number of furan rings is 1. The molecule has 38 heavy (non-hydrogen) atoms. The summed E-state index contributed by atoms with van der Waals surface area (Å²) in [5.74, 6) is -1.44. The van der Waals surface area contributed by atoms with Crippen molar-refractivity contribution in [3.8, 4) is 0 Å². The number of sulfonamides is 1. The molecule has 196 valence electrons. The Labute approximate surface area is 218 Å². The maximum Gasteiger partial charge on any atom is 0.342 e. The van der Waals surface area contributed by atoms with Crippen LogP contribution in [0.2, 0.25) is 0 Å². The highest BCUT2D eigenvalue weighted by Crippen LogP contribution is 2.34. The molecule has 4 rings (SSSR count). The predicted molar refractivity (Wildman–Crippen MR) is 140 cm³/mol. The molecule has 1 aromatic heterocycles. The van der Waals surface area contributed by atoms with E-state index >= 15 is 0 Å². The molecule has 0 saturated heterocycles. The number of nitrogens with zero attached hydrogens (tertiary/aromatic N) is 2. The van der Waals surface area contributed by atoms with E-state index in [0.717, 1.165) is 11.6 Å². The van der Waals surface area contributed by atoms with E-state index in [1.54, 1.807) is 26.8 Å². The minimum Gasteiger partial charge on any atom is -0.465 e. The van der Waals surface area contributed by atoms with Gasteiger partial charge in [-0.15, -0.1) is 0 Å². The molecule has 10 nitrogen and oxygen atoms in total. The highest BCUT2D eigenvalue weighted by molar-refractivity contribution is 7.93. The van der Waals surface area contributed by atoms with Gasteiger partial charge in [0.1, 0.15) is 16.9 Å². The Morgan fingerprint density at radius 2 is 1.63 bits per heavy atom. The molecular weight excluding hydrogens is 512 g/mol. The van der Waals surface area contributed by atoms with Gasteiger partial charge in [0.15, 0.2) is 0 Å². The average molecular weight is 537 g/mol. The zero-order valence-corrected chi connectivity index (χ0v) is 22.1. The number of anilines is 1. The van der Waals surface area contributed by atoms with Crippen LogP contribution in [0.4, 0.5) is 11.4 Å². The van der Waals surface area contributed by atoms with E-state index in [1.807, 2.05) is 6.92 Å². The molecule has 11 heteroatoms. The Balaban J connectivity index is 2.01. The molecule has 0 atom stereocenters. The molecule has 0 spiro atoms. The van der Waals surface area contributed by atoms with Crippen molar-refractivity contribution in [1.82, 2.24) is 0 Å². The lowest BCUT2D eigenvalue weighted by atomic mass is 10.1. The Hall–Kier alpha value is -4.51. The molecule has 4 aromatic rings. The maximum absolute atomic E-state index is 14.1. The summed E-state index contributed by atoms with van der Waals surface area (Å²) in [6.45, 7) is 6.78. The SMILES string of the molecule is COC(=O)c1c(C)oc2ccc(N(C(=O)c3cccc([N+](=O)[O-])c3)S(=O)(=O)c3cc(C)c(C)cc3C)cc12. The standard InChI is InChI=1S/C27H24N2O8S/c1-15-11-17(3)24(12-16(15)2)38(34,35)28(26(30)19-7-6-8-21(13-19)29(32)33)20-9-10-23-22(14-20)25(18(4)37-23)27(31)36-5/h6-14H,1-5H3. The molecule has 0 radical (unpaired) electrons. The molecule has 0 fully saturated rings. The van der Waals surface area contributed by atoms with Crippen molar-refractivity contribution in [3.63, 3.8) is 0 Å². The van der Waals surface area contributed by atoms with Gasteiger partial charge in [-0.05, 0) is 74.7 Å². The number of nitro benzene ring substituents is 1. The number of carbonyl (C=O) groups is 2. The number of aryl methyl sites for hydroxylation is 4. The molecule has 0 saturated carbocycles. The van der Waals surface area contributed by atoms with Crippen LogP contribution in [-0.2, 0) is 14.8 Å². The first kappa shape index (κ1) is 26.6. The number of esters is 1. The molecule has 0 aliphatic rings. The predicted octanol–water partition coefficient (Wildman–Crippen LogP) is 5.40. The first-order valence-electron chi connectivity index (χ1n) is 11.4. The first-order chi connectivity index (χ1) is 17.9.